The minimum atomic E-state index is -0.309. The summed E-state index contributed by atoms with van der Waals surface area (Å²) in [5.41, 5.74) is 0.565. The molecule has 0 aliphatic rings. The van der Waals surface area contributed by atoms with Gasteiger partial charge in [0, 0.05) is 23.3 Å². The van der Waals surface area contributed by atoms with Crippen molar-refractivity contribution in [2.75, 3.05) is 5.32 Å². The summed E-state index contributed by atoms with van der Waals surface area (Å²) in [5.74, 6) is 0.410. The molecule has 0 bridgehead atoms. The van der Waals surface area contributed by atoms with Gasteiger partial charge in [-0.1, -0.05) is 23.7 Å². The number of nitrogens with one attached hydrogen (secondary N) is 1. The molecule has 0 aliphatic carbocycles. The Hall–Kier alpha value is -1.61. The SMILES string of the molecule is Fc1cc(Cl)ccc1CNc1ccccn1. The van der Waals surface area contributed by atoms with Crippen LogP contribution in [0.4, 0.5) is 10.2 Å². The van der Waals surface area contributed by atoms with E-state index in [9.17, 15) is 4.39 Å². The van der Waals surface area contributed by atoms with Crippen LogP contribution in [0, 0.1) is 5.82 Å². The Morgan fingerprint density at radius 1 is 1.25 bits per heavy atom. The summed E-state index contributed by atoms with van der Waals surface area (Å²) in [6.45, 7) is 0.389. The lowest BCUT2D eigenvalue weighted by molar-refractivity contribution is 0.613. The number of rotatable bonds is 3. The van der Waals surface area contributed by atoms with Crippen LogP contribution in [0.2, 0.25) is 5.02 Å². The summed E-state index contributed by atoms with van der Waals surface area (Å²) >= 11 is 5.66. The summed E-state index contributed by atoms with van der Waals surface area (Å²) in [4.78, 5) is 4.08. The second-order valence-corrected chi connectivity index (χ2v) is 3.74. The highest BCUT2D eigenvalue weighted by Gasteiger charge is 2.02. The first-order valence-electron chi connectivity index (χ1n) is 4.84. The van der Waals surface area contributed by atoms with Gasteiger partial charge in [0.05, 0.1) is 0 Å². The minimum absolute atomic E-state index is 0.309. The van der Waals surface area contributed by atoms with Crippen LogP contribution in [0.1, 0.15) is 5.56 Å². The van der Waals surface area contributed by atoms with Gasteiger partial charge in [0.2, 0.25) is 0 Å². The van der Waals surface area contributed by atoms with Gasteiger partial charge in [-0.3, -0.25) is 0 Å². The molecule has 2 nitrogen and oxygen atoms in total. The van der Waals surface area contributed by atoms with Crippen LogP contribution >= 0.6 is 11.6 Å². The van der Waals surface area contributed by atoms with Gasteiger partial charge in [0.25, 0.3) is 0 Å². The molecule has 2 rings (SSSR count). The summed E-state index contributed by atoms with van der Waals surface area (Å²) in [6.07, 6.45) is 1.68. The number of benzene rings is 1. The number of hydrogen-bond acceptors (Lipinski definition) is 2. The first-order valence-corrected chi connectivity index (χ1v) is 5.22. The lowest BCUT2D eigenvalue weighted by Crippen LogP contribution is -2.02. The first kappa shape index (κ1) is 10.9. The van der Waals surface area contributed by atoms with E-state index in [0.717, 1.165) is 5.82 Å². The molecule has 2 aromatic rings. The van der Waals surface area contributed by atoms with E-state index in [1.165, 1.54) is 6.07 Å². The van der Waals surface area contributed by atoms with Gasteiger partial charge in [-0.2, -0.15) is 0 Å². The predicted octanol–water partition coefficient (Wildman–Crippen LogP) is 3.49. The Morgan fingerprint density at radius 2 is 2.12 bits per heavy atom. The van der Waals surface area contributed by atoms with Crippen LogP contribution in [0.15, 0.2) is 42.6 Å². The molecule has 1 N–H and O–H groups in total. The zero-order chi connectivity index (χ0) is 11.4. The molecule has 1 heterocycles. The smallest absolute Gasteiger partial charge is 0.129 e. The molecular formula is C12H10ClFN2. The van der Waals surface area contributed by atoms with Crippen LogP contribution in [-0.4, -0.2) is 4.98 Å². The number of halogens is 2. The van der Waals surface area contributed by atoms with E-state index in [4.69, 9.17) is 11.6 Å². The van der Waals surface area contributed by atoms with Gasteiger partial charge in [-0.05, 0) is 24.3 Å². The van der Waals surface area contributed by atoms with Crippen LogP contribution in [-0.2, 0) is 6.54 Å². The number of pyridine rings is 1. The van der Waals surface area contributed by atoms with Gasteiger partial charge in [0.1, 0.15) is 11.6 Å². The van der Waals surface area contributed by atoms with Crippen molar-refractivity contribution < 1.29 is 4.39 Å². The standard InChI is InChI=1S/C12H10ClFN2/c13-10-5-4-9(11(14)7-10)8-16-12-3-1-2-6-15-12/h1-7H,8H2,(H,15,16). The Labute approximate surface area is 98.1 Å². The van der Waals surface area contributed by atoms with Crippen LogP contribution in [0.25, 0.3) is 0 Å². The van der Waals surface area contributed by atoms with E-state index < -0.39 is 0 Å². The molecule has 0 saturated heterocycles. The fraction of sp³-hybridized carbons (Fsp3) is 0.0833. The molecule has 0 unspecified atom stereocenters. The van der Waals surface area contributed by atoms with Crippen molar-refractivity contribution in [3.05, 3.63) is 59.0 Å². The monoisotopic (exact) mass is 236 g/mol. The zero-order valence-electron chi connectivity index (χ0n) is 8.45. The largest absolute Gasteiger partial charge is 0.366 e. The van der Waals surface area contributed by atoms with E-state index in [1.54, 1.807) is 18.3 Å². The molecule has 0 fully saturated rings. The van der Waals surface area contributed by atoms with Crippen molar-refractivity contribution in [3.63, 3.8) is 0 Å². The molecule has 0 atom stereocenters. The maximum Gasteiger partial charge on any atom is 0.129 e. The summed E-state index contributed by atoms with van der Waals surface area (Å²) in [7, 11) is 0. The Morgan fingerprint density at radius 3 is 2.81 bits per heavy atom. The summed E-state index contributed by atoms with van der Waals surface area (Å²) in [6, 6.07) is 10.2. The van der Waals surface area contributed by atoms with Crippen molar-refractivity contribution in [2.24, 2.45) is 0 Å². The minimum Gasteiger partial charge on any atom is -0.366 e. The second-order valence-electron chi connectivity index (χ2n) is 3.30. The highest BCUT2D eigenvalue weighted by molar-refractivity contribution is 6.30. The second kappa shape index (κ2) is 4.94. The number of anilines is 1. The normalized spacial score (nSPS) is 10.1. The van der Waals surface area contributed by atoms with Crippen molar-refractivity contribution in [1.82, 2.24) is 4.98 Å². The van der Waals surface area contributed by atoms with Crippen molar-refractivity contribution in [2.45, 2.75) is 6.54 Å². The van der Waals surface area contributed by atoms with E-state index >= 15 is 0 Å². The topological polar surface area (TPSA) is 24.9 Å². The fourth-order valence-corrected chi connectivity index (χ4v) is 1.48. The Balaban J connectivity index is 2.05. The molecule has 16 heavy (non-hydrogen) atoms. The highest BCUT2D eigenvalue weighted by Crippen LogP contribution is 2.15. The maximum absolute atomic E-state index is 13.4. The van der Waals surface area contributed by atoms with Gasteiger partial charge in [0.15, 0.2) is 0 Å². The predicted molar refractivity (Wildman–Crippen MR) is 63.0 cm³/mol. The third kappa shape index (κ3) is 2.70. The van der Waals surface area contributed by atoms with Crippen LogP contribution in [0.3, 0.4) is 0 Å². The molecule has 0 spiro atoms. The van der Waals surface area contributed by atoms with E-state index in [-0.39, 0.29) is 5.82 Å². The summed E-state index contributed by atoms with van der Waals surface area (Å²) in [5, 5.41) is 3.43. The summed E-state index contributed by atoms with van der Waals surface area (Å²) < 4.78 is 13.4. The van der Waals surface area contributed by atoms with Crippen molar-refractivity contribution in [3.8, 4) is 0 Å². The molecule has 0 saturated carbocycles. The molecule has 1 aromatic heterocycles. The van der Waals surface area contributed by atoms with Gasteiger partial charge in [-0.25, -0.2) is 9.37 Å². The molecule has 0 amide bonds. The maximum atomic E-state index is 13.4. The Kier molecular flexibility index (Phi) is 3.37. The third-order valence-electron chi connectivity index (χ3n) is 2.14. The molecule has 4 heteroatoms. The average Bonchev–Trinajstić information content (AvgIpc) is 2.29. The van der Waals surface area contributed by atoms with Crippen LogP contribution in [0.5, 0.6) is 0 Å². The molecule has 82 valence electrons. The van der Waals surface area contributed by atoms with Crippen LogP contribution < -0.4 is 5.32 Å². The Bertz CT molecular complexity index is 474. The quantitative estimate of drug-likeness (QED) is 0.883. The van der Waals surface area contributed by atoms with Gasteiger partial charge in [-0.15, -0.1) is 0 Å². The van der Waals surface area contributed by atoms with E-state index in [1.807, 2.05) is 18.2 Å². The molecule has 0 radical (unpaired) electrons. The first-order chi connectivity index (χ1) is 7.75. The van der Waals surface area contributed by atoms with E-state index in [0.29, 0.717) is 17.1 Å². The molecular weight excluding hydrogens is 227 g/mol. The lowest BCUT2D eigenvalue weighted by atomic mass is 10.2. The van der Waals surface area contributed by atoms with E-state index in [2.05, 4.69) is 10.3 Å². The number of aromatic nitrogens is 1. The third-order valence-corrected chi connectivity index (χ3v) is 2.38. The zero-order valence-corrected chi connectivity index (χ0v) is 9.21. The van der Waals surface area contributed by atoms with Gasteiger partial charge < -0.3 is 5.32 Å². The lowest BCUT2D eigenvalue weighted by Gasteiger charge is -2.06. The highest BCUT2D eigenvalue weighted by atomic mass is 35.5. The van der Waals surface area contributed by atoms with Crippen molar-refractivity contribution >= 4 is 17.4 Å². The number of nitrogens with zero attached hydrogens (tertiary/aromatic N) is 1. The number of hydrogen-bond donors (Lipinski definition) is 1. The van der Waals surface area contributed by atoms with Crippen molar-refractivity contribution in [1.29, 1.82) is 0 Å². The van der Waals surface area contributed by atoms with Gasteiger partial charge >= 0.3 is 0 Å². The molecule has 0 aliphatic heterocycles. The molecule has 1 aromatic carbocycles. The average molecular weight is 237 g/mol. The fourth-order valence-electron chi connectivity index (χ4n) is 1.32.